The summed E-state index contributed by atoms with van der Waals surface area (Å²) in [6, 6.07) is 13.5. The summed E-state index contributed by atoms with van der Waals surface area (Å²) in [7, 11) is 0. The summed E-state index contributed by atoms with van der Waals surface area (Å²) >= 11 is 3.49. The molecule has 5 nitrogen and oxygen atoms in total. The van der Waals surface area contributed by atoms with Gasteiger partial charge in [-0.2, -0.15) is 0 Å². The summed E-state index contributed by atoms with van der Waals surface area (Å²) in [6.45, 7) is 2.11. The second-order valence-corrected chi connectivity index (χ2v) is 6.81. The van der Waals surface area contributed by atoms with E-state index in [-0.39, 0.29) is 6.10 Å². The third-order valence-electron chi connectivity index (χ3n) is 4.29. The van der Waals surface area contributed by atoms with Crippen molar-refractivity contribution in [2.75, 3.05) is 6.61 Å². The number of carbonyl (C=O) groups excluding carboxylic acids is 1. The number of para-hydroxylation sites is 2. The number of hydrogen-bond acceptors (Lipinski definition) is 4. The number of imidazole rings is 1. The molecule has 0 saturated carbocycles. The van der Waals surface area contributed by atoms with Crippen LogP contribution < -0.4 is 4.74 Å². The quantitative estimate of drug-likeness (QED) is 0.615. The Morgan fingerprint density at radius 2 is 2.20 bits per heavy atom. The van der Waals surface area contributed by atoms with Crippen LogP contribution in [0.25, 0.3) is 11.0 Å². The second-order valence-electron chi connectivity index (χ2n) is 5.89. The van der Waals surface area contributed by atoms with Gasteiger partial charge in [0.2, 0.25) is 0 Å². The highest BCUT2D eigenvalue weighted by Gasteiger charge is 2.29. The molecule has 1 aliphatic rings. The lowest BCUT2D eigenvalue weighted by Crippen LogP contribution is -2.23. The SMILES string of the molecule is CCOC(=O)n1c(C2CCc3cc(Br)ccc3O2)nc2ccccc21. The van der Waals surface area contributed by atoms with Crippen molar-refractivity contribution < 1.29 is 14.3 Å². The van der Waals surface area contributed by atoms with Gasteiger partial charge in [-0.1, -0.05) is 28.1 Å². The van der Waals surface area contributed by atoms with Gasteiger partial charge in [-0.15, -0.1) is 0 Å². The molecule has 0 saturated heterocycles. The van der Waals surface area contributed by atoms with Crippen molar-refractivity contribution in [2.45, 2.75) is 25.9 Å². The van der Waals surface area contributed by atoms with E-state index >= 15 is 0 Å². The molecular weight excluding hydrogens is 384 g/mol. The smallest absolute Gasteiger partial charge is 0.420 e. The minimum Gasteiger partial charge on any atom is -0.482 e. The molecule has 0 N–H and O–H groups in total. The maximum Gasteiger partial charge on any atom is 0.420 e. The van der Waals surface area contributed by atoms with Crippen LogP contribution in [0, 0.1) is 0 Å². The average molecular weight is 401 g/mol. The maximum absolute atomic E-state index is 12.5. The van der Waals surface area contributed by atoms with Crippen LogP contribution in [0.5, 0.6) is 5.75 Å². The molecule has 3 aromatic rings. The molecule has 0 amide bonds. The molecule has 0 aliphatic carbocycles. The zero-order chi connectivity index (χ0) is 17.4. The molecular formula is C19H17BrN2O3. The number of aromatic nitrogens is 2. The van der Waals surface area contributed by atoms with Gasteiger partial charge in [0.05, 0.1) is 17.6 Å². The standard InChI is InChI=1S/C19H17BrN2O3/c1-2-24-19(23)22-15-6-4-3-5-14(15)21-18(22)17-9-7-12-11-13(20)8-10-16(12)25-17/h3-6,8,10-11,17H,2,7,9H2,1H3. The van der Waals surface area contributed by atoms with Crippen molar-refractivity contribution in [1.82, 2.24) is 9.55 Å². The molecule has 0 spiro atoms. The van der Waals surface area contributed by atoms with E-state index in [4.69, 9.17) is 9.47 Å². The van der Waals surface area contributed by atoms with Crippen LogP contribution in [0.4, 0.5) is 4.79 Å². The van der Waals surface area contributed by atoms with Gasteiger partial charge in [0.15, 0.2) is 11.9 Å². The zero-order valence-corrected chi connectivity index (χ0v) is 15.3. The largest absolute Gasteiger partial charge is 0.482 e. The highest BCUT2D eigenvalue weighted by Crippen LogP contribution is 2.36. The summed E-state index contributed by atoms with van der Waals surface area (Å²) in [4.78, 5) is 17.2. The number of aryl methyl sites for hydroxylation is 1. The van der Waals surface area contributed by atoms with Crippen LogP contribution in [0.1, 0.15) is 30.8 Å². The Bertz CT molecular complexity index is 951. The van der Waals surface area contributed by atoms with E-state index in [2.05, 4.69) is 27.0 Å². The van der Waals surface area contributed by atoms with Gasteiger partial charge in [-0.05, 0) is 55.7 Å². The Morgan fingerprint density at radius 1 is 1.36 bits per heavy atom. The summed E-state index contributed by atoms with van der Waals surface area (Å²) in [5, 5.41) is 0. The second kappa shape index (κ2) is 6.52. The van der Waals surface area contributed by atoms with Gasteiger partial charge in [-0.25, -0.2) is 14.3 Å². The van der Waals surface area contributed by atoms with Crippen LogP contribution in [0.2, 0.25) is 0 Å². The number of ether oxygens (including phenoxy) is 2. The molecule has 0 bridgehead atoms. The Morgan fingerprint density at radius 3 is 3.04 bits per heavy atom. The maximum atomic E-state index is 12.5. The number of nitrogens with zero attached hydrogens (tertiary/aromatic N) is 2. The Balaban J connectivity index is 1.77. The molecule has 1 atom stereocenters. The van der Waals surface area contributed by atoms with Crippen LogP contribution >= 0.6 is 15.9 Å². The summed E-state index contributed by atoms with van der Waals surface area (Å²) < 4.78 is 14.0. The van der Waals surface area contributed by atoms with Gasteiger partial charge in [0.1, 0.15) is 5.75 Å². The third kappa shape index (κ3) is 2.91. The highest BCUT2D eigenvalue weighted by atomic mass is 79.9. The lowest BCUT2D eigenvalue weighted by Gasteiger charge is -2.26. The Labute approximate surface area is 153 Å². The van der Waals surface area contributed by atoms with Crippen LogP contribution in [-0.2, 0) is 11.2 Å². The van der Waals surface area contributed by atoms with Gasteiger partial charge in [-0.3, -0.25) is 0 Å². The monoisotopic (exact) mass is 400 g/mol. The van der Waals surface area contributed by atoms with Crippen molar-refractivity contribution in [2.24, 2.45) is 0 Å². The normalized spacial score (nSPS) is 16.3. The average Bonchev–Trinajstić information content (AvgIpc) is 3.01. The first-order chi connectivity index (χ1) is 12.2. The van der Waals surface area contributed by atoms with Gasteiger partial charge >= 0.3 is 6.09 Å². The molecule has 0 fully saturated rings. The topological polar surface area (TPSA) is 53.4 Å². The summed E-state index contributed by atoms with van der Waals surface area (Å²) in [6.07, 6.45) is 0.916. The number of fused-ring (bicyclic) bond motifs is 2. The fourth-order valence-electron chi connectivity index (χ4n) is 3.18. The third-order valence-corrected chi connectivity index (χ3v) is 4.79. The van der Waals surface area contributed by atoms with Crippen LogP contribution in [0.15, 0.2) is 46.9 Å². The molecule has 128 valence electrons. The van der Waals surface area contributed by atoms with E-state index in [1.54, 1.807) is 6.92 Å². The lowest BCUT2D eigenvalue weighted by molar-refractivity contribution is 0.140. The number of hydrogen-bond donors (Lipinski definition) is 0. The molecule has 6 heteroatoms. The highest BCUT2D eigenvalue weighted by molar-refractivity contribution is 9.10. The van der Waals surface area contributed by atoms with E-state index in [9.17, 15) is 4.79 Å². The number of benzene rings is 2. The predicted molar refractivity (Wildman–Crippen MR) is 98.0 cm³/mol. The predicted octanol–water partition coefficient (Wildman–Crippen LogP) is 4.87. The van der Waals surface area contributed by atoms with E-state index in [0.29, 0.717) is 12.4 Å². The van der Waals surface area contributed by atoms with Crippen molar-refractivity contribution >= 4 is 33.1 Å². The van der Waals surface area contributed by atoms with Crippen LogP contribution in [0.3, 0.4) is 0 Å². The first-order valence-electron chi connectivity index (χ1n) is 8.27. The van der Waals surface area contributed by atoms with Gasteiger partial charge in [0.25, 0.3) is 0 Å². The van der Waals surface area contributed by atoms with Crippen molar-refractivity contribution in [3.8, 4) is 5.75 Å². The van der Waals surface area contributed by atoms with E-state index in [1.165, 1.54) is 4.57 Å². The van der Waals surface area contributed by atoms with Crippen molar-refractivity contribution in [3.05, 3.63) is 58.3 Å². The van der Waals surface area contributed by atoms with Gasteiger partial charge in [0, 0.05) is 4.47 Å². The first kappa shape index (κ1) is 16.1. The van der Waals surface area contributed by atoms with Crippen molar-refractivity contribution in [1.29, 1.82) is 0 Å². The Hall–Kier alpha value is -2.34. The molecule has 0 radical (unpaired) electrons. The number of rotatable bonds is 2. The number of halogens is 1. The first-order valence-corrected chi connectivity index (χ1v) is 9.06. The molecule has 1 aliphatic heterocycles. The fraction of sp³-hybridized carbons (Fsp3) is 0.263. The molecule has 1 aromatic heterocycles. The van der Waals surface area contributed by atoms with Gasteiger partial charge < -0.3 is 9.47 Å². The molecule has 4 rings (SSSR count). The summed E-state index contributed by atoms with van der Waals surface area (Å²) in [5.74, 6) is 1.43. The number of carbonyl (C=O) groups is 1. The Kier molecular flexibility index (Phi) is 4.21. The van der Waals surface area contributed by atoms with E-state index < -0.39 is 6.09 Å². The minimum absolute atomic E-state index is 0.287. The molecule has 2 aromatic carbocycles. The summed E-state index contributed by atoms with van der Waals surface area (Å²) in [5.41, 5.74) is 2.65. The molecule has 1 unspecified atom stereocenters. The molecule has 2 heterocycles. The lowest BCUT2D eigenvalue weighted by atomic mass is 10.0. The zero-order valence-electron chi connectivity index (χ0n) is 13.7. The minimum atomic E-state index is -0.420. The molecule has 25 heavy (non-hydrogen) atoms. The van der Waals surface area contributed by atoms with Crippen molar-refractivity contribution in [3.63, 3.8) is 0 Å². The van der Waals surface area contributed by atoms with E-state index in [1.807, 2.05) is 36.4 Å². The van der Waals surface area contributed by atoms with E-state index in [0.717, 1.165) is 39.7 Å². The van der Waals surface area contributed by atoms with Crippen LogP contribution in [-0.4, -0.2) is 22.3 Å². The fourth-order valence-corrected chi connectivity index (χ4v) is 3.59.